The van der Waals surface area contributed by atoms with Gasteiger partial charge < -0.3 is 17.2 Å². The molecule has 7 N–H and O–H groups in total. The molecule has 0 aliphatic carbocycles. The summed E-state index contributed by atoms with van der Waals surface area (Å²) in [4.78, 5) is 12.2. The van der Waals surface area contributed by atoms with E-state index in [9.17, 15) is 4.79 Å². The molecule has 0 aliphatic heterocycles. The quantitative estimate of drug-likeness (QED) is 0.146. The van der Waals surface area contributed by atoms with Gasteiger partial charge >= 0.3 is 0 Å². The molecule has 0 aromatic heterocycles. The Morgan fingerprint density at radius 2 is 2.00 bits per heavy atom. The van der Waals surface area contributed by atoms with Gasteiger partial charge in [0.05, 0.1) is 6.04 Å². The van der Waals surface area contributed by atoms with Crippen molar-refractivity contribution in [3.05, 3.63) is 24.3 Å². The van der Waals surface area contributed by atoms with Gasteiger partial charge in [0.15, 0.2) is 5.78 Å². The van der Waals surface area contributed by atoms with Gasteiger partial charge in [-0.2, -0.15) is 0 Å². The van der Waals surface area contributed by atoms with Crippen LogP contribution in [-0.4, -0.2) is 28.6 Å². The topological polar surface area (TPSA) is 107 Å². The third-order valence-electron chi connectivity index (χ3n) is 3.11. The SMILES string of the molecule is C=C/C(C)=C\C(I)C(C)C(=O)[C@@H](N)CCCNC(N)N. The summed E-state index contributed by atoms with van der Waals surface area (Å²) in [7, 11) is 0. The first kappa shape index (κ1) is 19.7. The van der Waals surface area contributed by atoms with Crippen LogP contribution in [0.4, 0.5) is 0 Å². The molecule has 0 saturated heterocycles. The van der Waals surface area contributed by atoms with Gasteiger partial charge in [-0.05, 0) is 26.3 Å². The molecule has 6 heteroatoms. The normalized spacial score (nSPS) is 16.9. The van der Waals surface area contributed by atoms with Crippen molar-refractivity contribution in [2.24, 2.45) is 23.1 Å². The zero-order valence-electron chi connectivity index (χ0n) is 12.3. The molecule has 0 amide bonds. The average molecular weight is 394 g/mol. The Kier molecular flexibility index (Phi) is 10.3. The van der Waals surface area contributed by atoms with Crippen molar-refractivity contribution >= 4 is 28.4 Å². The van der Waals surface area contributed by atoms with E-state index in [1.165, 1.54) is 0 Å². The van der Waals surface area contributed by atoms with Crippen LogP contribution in [0.5, 0.6) is 0 Å². The van der Waals surface area contributed by atoms with Crippen molar-refractivity contribution in [1.82, 2.24) is 5.32 Å². The highest BCUT2D eigenvalue weighted by atomic mass is 127. The van der Waals surface area contributed by atoms with Crippen molar-refractivity contribution < 1.29 is 4.79 Å². The van der Waals surface area contributed by atoms with E-state index in [1.54, 1.807) is 6.08 Å². The number of alkyl halides is 1. The lowest BCUT2D eigenvalue weighted by Gasteiger charge is -2.19. The van der Waals surface area contributed by atoms with Gasteiger partial charge in [0.2, 0.25) is 0 Å². The average Bonchev–Trinajstić information content (AvgIpc) is 2.40. The fourth-order valence-electron chi connectivity index (χ4n) is 1.69. The zero-order chi connectivity index (χ0) is 15.7. The van der Waals surface area contributed by atoms with Crippen molar-refractivity contribution in [2.75, 3.05) is 6.54 Å². The van der Waals surface area contributed by atoms with E-state index in [2.05, 4.69) is 34.5 Å². The van der Waals surface area contributed by atoms with E-state index in [-0.39, 0.29) is 15.6 Å². The van der Waals surface area contributed by atoms with Gasteiger partial charge in [-0.25, -0.2) is 0 Å². The Morgan fingerprint density at radius 1 is 1.40 bits per heavy atom. The largest absolute Gasteiger partial charge is 0.321 e. The highest BCUT2D eigenvalue weighted by Gasteiger charge is 2.24. The minimum absolute atomic E-state index is 0.0922. The Labute approximate surface area is 135 Å². The minimum atomic E-state index is -0.522. The summed E-state index contributed by atoms with van der Waals surface area (Å²) in [5, 5.41) is 2.89. The van der Waals surface area contributed by atoms with E-state index in [1.807, 2.05) is 19.9 Å². The van der Waals surface area contributed by atoms with Crippen LogP contribution in [0.25, 0.3) is 0 Å². The Morgan fingerprint density at radius 3 is 2.50 bits per heavy atom. The Hall–Kier alpha value is -0.280. The number of halogens is 1. The highest BCUT2D eigenvalue weighted by Crippen LogP contribution is 2.19. The zero-order valence-corrected chi connectivity index (χ0v) is 14.5. The van der Waals surface area contributed by atoms with E-state index >= 15 is 0 Å². The Bertz CT molecular complexity index is 344. The molecule has 2 unspecified atom stereocenters. The molecule has 0 aromatic rings. The number of nitrogens with two attached hydrogens (primary N) is 3. The van der Waals surface area contributed by atoms with Crippen LogP contribution >= 0.6 is 22.6 Å². The van der Waals surface area contributed by atoms with Crippen LogP contribution in [0.15, 0.2) is 24.3 Å². The second kappa shape index (κ2) is 10.4. The van der Waals surface area contributed by atoms with Crippen LogP contribution < -0.4 is 22.5 Å². The summed E-state index contributed by atoms with van der Waals surface area (Å²) in [6.45, 7) is 8.26. The molecule has 3 atom stereocenters. The van der Waals surface area contributed by atoms with E-state index in [4.69, 9.17) is 17.2 Å². The lowest BCUT2D eigenvalue weighted by molar-refractivity contribution is -0.123. The molecule has 116 valence electrons. The van der Waals surface area contributed by atoms with Crippen molar-refractivity contribution in [1.29, 1.82) is 0 Å². The van der Waals surface area contributed by atoms with E-state index in [0.717, 1.165) is 12.0 Å². The molecule has 0 radical (unpaired) electrons. The van der Waals surface area contributed by atoms with Gasteiger partial charge in [-0.3, -0.25) is 10.1 Å². The van der Waals surface area contributed by atoms with Gasteiger partial charge in [-0.15, -0.1) is 0 Å². The summed E-state index contributed by atoms with van der Waals surface area (Å²) in [5.74, 6) is -0.0141. The summed E-state index contributed by atoms with van der Waals surface area (Å²) in [6.07, 6.45) is 4.71. The molecular formula is C14H27IN4O. The molecule has 5 nitrogen and oxygen atoms in total. The number of hydrogen-bond acceptors (Lipinski definition) is 5. The van der Waals surface area contributed by atoms with Crippen LogP contribution in [-0.2, 0) is 4.79 Å². The lowest BCUT2D eigenvalue weighted by Crippen LogP contribution is -2.46. The van der Waals surface area contributed by atoms with Crippen molar-refractivity contribution in [2.45, 2.75) is 42.9 Å². The fraction of sp³-hybridized carbons (Fsp3) is 0.643. The number of ketones is 1. The molecule has 0 saturated carbocycles. The first-order valence-corrected chi connectivity index (χ1v) is 8.03. The number of carbonyl (C=O) groups is 1. The second-order valence-electron chi connectivity index (χ2n) is 4.98. The maximum Gasteiger partial charge on any atom is 0.153 e. The molecule has 0 spiro atoms. The van der Waals surface area contributed by atoms with Gasteiger partial charge in [-0.1, -0.05) is 53.8 Å². The monoisotopic (exact) mass is 394 g/mol. The number of hydrogen-bond donors (Lipinski definition) is 4. The number of allylic oxidation sites excluding steroid dienone is 3. The van der Waals surface area contributed by atoms with Crippen LogP contribution in [0.3, 0.4) is 0 Å². The molecule has 0 heterocycles. The lowest BCUT2D eigenvalue weighted by atomic mass is 9.94. The summed E-state index contributed by atoms with van der Waals surface area (Å²) in [6, 6.07) is -0.435. The van der Waals surface area contributed by atoms with Crippen molar-refractivity contribution in [3.8, 4) is 0 Å². The highest BCUT2D eigenvalue weighted by molar-refractivity contribution is 14.1. The molecular weight excluding hydrogens is 367 g/mol. The van der Waals surface area contributed by atoms with Crippen LogP contribution in [0, 0.1) is 5.92 Å². The maximum absolute atomic E-state index is 12.2. The first-order valence-electron chi connectivity index (χ1n) is 6.78. The molecule has 0 aromatic carbocycles. The maximum atomic E-state index is 12.2. The third-order valence-corrected chi connectivity index (χ3v) is 4.55. The van der Waals surface area contributed by atoms with E-state index in [0.29, 0.717) is 13.0 Å². The summed E-state index contributed by atoms with van der Waals surface area (Å²) < 4.78 is 0.125. The standard InChI is InChI=1S/C14H27IN4O/c1-4-9(2)8-11(15)10(3)13(20)12(16)6-5-7-19-14(17)18/h4,8,10-12,14,19H,1,5-7,16-18H2,2-3H3/b9-8-/t10?,11?,12-/m0/s1. The molecule has 20 heavy (non-hydrogen) atoms. The number of rotatable bonds is 10. The van der Waals surface area contributed by atoms with Gasteiger partial charge in [0.1, 0.15) is 6.29 Å². The summed E-state index contributed by atoms with van der Waals surface area (Å²) in [5.41, 5.74) is 17.8. The minimum Gasteiger partial charge on any atom is -0.321 e. The second-order valence-corrected chi connectivity index (χ2v) is 6.42. The molecule has 0 rings (SSSR count). The Balaban J connectivity index is 4.25. The first-order chi connectivity index (χ1) is 9.29. The van der Waals surface area contributed by atoms with Crippen molar-refractivity contribution in [3.63, 3.8) is 0 Å². The predicted molar refractivity (Wildman–Crippen MR) is 93.3 cm³/mol. The third kappa shape index (κ3) is 8.11. The molecule has 0 aliphatic rings. The smallest absolute Gasteiger partial charge is 0.153 e. The van der Waals surface area contributed by atoms with Crippen LogP contribution in [0.1, 0.15) is 26.7 Å². The van der Waals surface area contributed by atoms with Gasteiger partial charge in [0.25, 0.3) is 0 Å². The van der Waals surface area contributed by atoms with Gasteiger partial charge in [0, 0.05) is 9.84 Å². The number of nitrogens with one attached hydrogen (secondary N) is 1. The molecule has 0 fully saturated rings. The predicted octanol–water partition coefficient (Wildman–Crippen LogP) is 1.03. The number of carbonyl (C=O) groups excluding carboxylic acids is 1. The fourth-order valence-corrected chi connectivity index (χ4v) is 2.61. The molecule has 0 bridgehead atoms. The van der Waals surface area contributed by atoms with E-state index < -0.39 is 12.3 Å². The summed E-state index contributed by atoms with van der Waals surface area (Å²) >= 11 is 2.26. The van der Waals surface area contributed by atoms with Crippen LogP contribution in [0.2, 0.25) is 0 Å². The number of Topliss-reactive ketones (excluding diaryl/α,β-unsaturated/α-hetero) is 1.